The number of alkyl halides is 3. The number of nitrogens with one attached hydrogen (secondary N) is 2. The van der Waals surface area contributed by atoms with Crippen molar-refractivity contribution in [1.82, 2.24) is 9.97 Å². The second kappa shape index (κ2) is 8.81. The van der Waals surface area contributed by atoms with Crippen molar-refractivity contribution >= 4 is 17.3 Å². The molecule has 9 heteroatoms. The average molecular weight is 416 g/mol. The zero-order chi connectivity index (χ0) is 21.7. The summed E-state index contributed by atoms with van der Waals surface area (Å²) in [6.07, 6.45) is 0.0717. The second-order valence-corrected chi connectivity index (χ2v) is 6.49. The normalized spacial score (nSPS) is 11.1. The molecule has 6 nitrogen and oxygen atoms in total. The van der Waals surface area contributed by atoms with Crippen molar-refractivity contribution < 1.29 is 22.7 Å². The summed E-state index contributed by atoms with van der Waals surface area (Å²) in [5.74, 6) is -0.827. The first-order chi connectivity index (χ1) is 14.3. The minimum absolute atomic E-state index is 0.0230. The highest BCUT2D eigenvalue weighted by Gasteiger charge is 2.34. The van der Waals surface area contributed by atoms with Gasteiger partial charge in [-0.2, -0.15) is 13.2 Å². The van der Waals surface area contributed by atoms with E-state index in [-0.39, 0.29) is 11.4 Å². The standard InChI is InChI=1S/C21H19F3N4O2/c1-13-3-4-14(7-15(13)9-27-17-10-25-12-26-11-17)20(29)28-16-5-6-19(30-2)18(8-16)21(22,23)24/h3-8,10-12,27H,9H2,1-2H3,(H,28,29). The van der Waals surface area contributed by atoms with Gasteiger partial charge in [-0.05, 0) is 48.4 Å². The summed E-state index contributed by atoms with van der Waals surface area (Å²) < 4.78 is 44.3. The SMILES string of the molecule is COc1ccc(NC(=O)c2ccc(C)c(CNc3cncnc3)c2)cc1C(F)(F)F. The third kappa shape index (κ3) is 5.05. The maximum Gasteiger partial charge on any atom is 0.420 e. The van der Waals surface area contributed by atoms with Crippen LogP contribution in [0.4, 0.5) is 24.5 Å². The Labute approximate surface area is 171 Å². The second-order valence-electron chi connectivity index (χ2n) is 6.49. The van der Waals surface area contributed by atoms with E-state index in [0.29, 0.717) is 12.1 Å². The Balaban J connectivity index is 1.77. The van der Waals surface area contributed by atoms with E-state index in [1.807, 2.05) is 6.92 Å². The molecule has 0 spiro atoms. The molecule has 156 valence electrons. The number of methoxy groups -OCH3 is 1. The number of aryl methyl sites for hydroxylation is 1. The fourth-order valence-corrected chi connectivity index (χ4v) is 2.80. The van der Waals surface area contributed by atoms with Crippen molar-refractivity contribution in [3.05, 3.63) is 77.4 Å². The van der Waals surface area contributed by atoms with E-state index < -0.39 is 17.6 Å². The van der Waals surface area contributed by atoms with Gasteiger partial charge in [0.15, 0.2) is 0 Å². The predicted octanol–water partition coefficient (Wildman–Crippen LogP) is 4.68. The van der Waals surface area contributed by atoms with E-state index in [2.05, 4.69) is 20.6 Å². The molecule has 3 rings (SSSR count). The first kappa shape index (κ1) is 21.1. The molecule has 0 radical (unpaired) electrons. The highest BCUT2D eigenvalue weighted by molar-refractivity contribution is 6.04. The zero-order valence-corrected chi connectivity index (χ0v) is 16.2. The molecule has 2 aromatic carbocycles. The van der Waals surface area contributed by atoms with E-state index in [1.165, 1.54) is 18.5 Å². The molecule has 2 N–H and O–H groups in total. The summed E-state index contributed by atoms with van der Waals surface area (Å²) in [4.78, 5) is 20.4. The maximum absolute atomic E-state index is 13.2. The smallest absolute Gasteiger partial charge is 0.420 e. The predicted molar refractivity (Wildman–Crippen MR) is 106 cm³/mol. The lowest BCUT2D eigenvalue weighted by Gasteiger charge is -2.14. The van der Waals surface area contributed by atoms with Gasteiger partial charge >= 0.3 is 6.18 Å². The summed E-state index contributed by atoms with van der Waals surface area (Å²) in [5, 5.41) is 5.67. The third-order valence-corrected chi connectivity index (χ3v) is 4.42. The zero-order valence-electron chi connectivity index (χ0n) is 16.2. The Bertz CT molecular complexity index is 1040. The number of carbonyl (C=O) groups is 1. The molecule has 0 fully saturated rings. The van der Waals surface area contributed by atoms with Gasteiger partial charge in [-0.15, -0.1) is 0 Å². The highest BCUT2D eigenvalue weighted by Crippen LogP contribution is 2.37. The fourth-order valence-electron chi connectivity index (χ4n) is 2.80. The number of ether oxygens (including phenoxy) is 1. The number of nitrogens with zero attached hydrogens (tertiary/aromatic N) is 2. The summed E-state index contributed by atoms with van der Waals surface area (Å²) in [5.41, 5.74) is 1.93. The number of rotatable bonds is 6. The van der Waals surface area contributed by atoms with Crippen LogP contribution in [0.3, 0.4) is 0 Å². The molecule has 0 saturated heterocycles. The van der Waals surface area contributed by atoms with Gasteiger partial charge < -0.3 is 15.4 Å². The van der Waals surface area contributed by atoms with Gasteiger partial charge in [0.2, 0.25) is 0 Å². The molecule has 0 aliphatic carbocycles. The first-order valence-corrected chi connectivity index (χ1v) is 8.93. The van der Waals surface area contributed by atoms with Gasteiger partial charge in [-0.3, -0.25) is 4.79 Å². The van der Waals surface area contributed by atoms with Crippen molar-refractivity contribution in [2.24, 2.45) is 0 Å². The van der Waals surface area contributed by atoms with Crippen molar-refractivity contribution in [2.75, 3.05) is 17.7 Å². The molecule has 0 saturated carbocycles. The lowest BCUT2D eigenvalue weighted by Crippen LogP contribution is -2.14. The van der Waals surface area contributed by atoms with Crippen molar-refractivity contribution in [1.29, 1.82) is 0 Å². The topological polar surface area (TPSA) is 76.1 Å². The molecule has 30 heavy (non-hydrogen) atoms. The van der Waals surface area contributed by atoms with Crippen molar-refractivity contribution in [3.63, 3.8) is 0 Å². The Hall–Kier alpha value is -3.62. The number of hydrogen-bond donors (Lipinski definition) is 2. The fraction of sp³-hybridized carbons (Fsp3) is 0.190. The quantitative estimate of drug-likeness (QED) is 0.610. The molecular weight excluding hydrogens is 397 g/mol. The van der Waals surface area contributed by atoms with Crippen LogP contribution in [0.2, 0.25) is 0 Å². The van der Waals surface area contributed by atoms with Crippen molar-refractivity contribution in [2.45, 2.75) is 19.6 Å². The van der Waals surface area contributed by atoms with E-state index in [1.54, 1.807) is 30.6 Å². The number of amides is 1. The van der Waals surface area contributed by atoms with Crippen LogP contribution in [-0.4, -0.2) is 23.0 Å². The molecule has 1 heterocycles. The van der Waals surface area contributed by atoms with Gasteiger partial charge in [-0.25, -0.2) is 9.97 Å². The average Bonchev–Trinajstić information content (AvgIpc) is 2.73. The van der Waals surface area contributed by atoms with Crippen LogP contribution in [0.25, 0.3) is 0 Å². The van der Waals surface area contributed by atoms with Crippen LogP contribution < -0.4 is 15.4 Å². The third-order valence-electron chi connectivity index (χ3n) is 4.42. The van der Waals surface area contributed by atoms with E-state index in [4.69, 9.17) is 4.74 Å². The summed E-state index contributed by atoms with van der Waals surface area (Å²) in [7, 11) is 1.16. The minimum Gasteiger partial charge on any atom is -0.496 e. The van der Waals surface area contributed by atoms with E-state index in [0.717, 1.165) is 30.0 Å². The highest BCUT2D eigenvalue weighted by atomic mass is 19.4. The Morgan fingerprint density at radius 3 is 2.47 bits per heavy atom. The first-order valence-electron chi connectivity index (χ1n) is 8.93. The van der Waals surface area contributed by atoms with E-state index in [9.17, 15) is 18.0 Å². The monoisotopic (exact) mass is 416 g/mol. The number of carbonyl (C=O) groups excluding carboxylic acids is 1. The molecule has 0 unspecified atom stereocenters. The molecule has 3 aromatic rings. The summed E-state index contributed by atoms with van der Waals surface area (Å²) >= 11 is 0. The lowest BCUT2D eigenvalue weighted by atomic mass is 10.0. The molecule has 1 aromatic heterocycles. The number of aromatic nitrogens is 2. The van der Waals surface area contributed by atoms with Gasteiger partial charge in [0.1, 0.15) is 12.1 Å². The number of benzene rings is 2. The summed E-state index contributed by atoms with van der Waals surface area (Å²) in [6, 6.07) is 8.47. The van der Waals surface area contributed by atoms with Crippen LogP contribution in [0, 0.1) is 6.92 Å². The molecule has 0 aliphatic rings. The Morgan fingerprint density at radius 2 is 1.80 bits per heavy atom. The van der Waals surface area contributed by atoms with Crippen LogP contribution in [0.1, 0.15) is 27.0 Å². The number of anilines is 2. The van der Waals surface area contributed by atoms with E-state index >= 15 is 0 Å². The van der Waals surface area contributed by atoms with Gasteiger partial charge in [-0.1, -0.05) is 6.07 Å². The maximum atomic E-state index is 13.2. The largest absolute Gasteiger partial charge is 0.496 e. The molecular formula is C21H19F3N4O2. The molecule has 1 amide bonds. The molecule has 0 atom stereocenters. The van der Waals surface area contributed by atoms with Gasteiger partial charge in [0.25, 0.3) is 5.91 Å². The minimum atomic E-state index is -4.60. The van der Waals surface area contributed by atoms with Crippen molar-refractivity contribution in [3.8, 4) is 5.75 Å². The number of hydrogen-bond acceptors (Lipinski definition) is 5. The Kier molecular flexibility index (Phi) is 6.20. The number of halogens is 3. The van der Waals surface area contributed by atoms with Crippen LogP contribution in [-0.2, 0) is 12.7 Å². The van der Waals surface area contributed by atoms with Gasteiger partial charge in [0, 0.05) is 17.8 Å². The van der Waals surface area contributed by atoms with Crippen LogP contribution in [0.15, 0.2) is 55.1 Å². The molecule has 0 aliphatic heterocycles. The molecule has 0 bridgehead atoms. The van der Waals surface area contributed by atoms with Crippen LogP contribution in [0.5, 0.6) is 5.75 Å². The van der Waals surface area contributed by atoms with Gasteiger partial charge in [0.05, 0.1) is 30.8 Å². The Morgan fingerprint density at radius 1 is 1.07 bits per heavy atom. The lowest BCUT2D eigenvalue weighted by molar-refractivity contribution is -0.138. The van der Waals surface area contributed by atoms with Crippen LogP contribution >= 0.6 is 0 Å². The summed E-state index contributed by atoms with van der Waals surface area (Å²) in [6.45, 7) is 2.33.